The Labute approximate surface area is 118 Å². The molecule has 4 rings (SSSR count). The predicted molar refractivity (Wildman–Crippen MR) is 81.1 cm³/mol. The minimum absolute atomic E-state index is 0.936. The zero-order valence-corrected chi connectivity index (χ0v) is 11.1. The Morgan fingerprint density at radius 3 is 2.60 bits per heavy atom. The summed E-state index contributed by atoms with van der Waals surface area (Å²) in [5.41, 5.74) is 3.42. The molecule has 0 fully saturated rings. The van der Waals surface area contributed by atoms with Crippen LogP contribution >= 0.6 is 0 Å². The van der Waals surface area contributed by atoms with E-state index < -0.39 is 0 Å². The van der Waals surface area contributed by atoms with Crippen molar-refractivity contribution in [1.29, 1.82) is 0 Å². The molecule has 2 nitrogen and oxygen atoms in total. The van der Waals surface area contributed by atoms with Crippen LogP contribution in [0.1, 0.15) is 12.8 Å². The second kappa shape index (κ2) is 4.57. The Morgan fingerprint density at radius 1 is 0.900 bits per heavy atom. The highest BCUT2D eigenvalue weighted by molar-refractivity contribution is 5.77. The molecule has 0 unspecified atom stereocenters. The normalized spacial score (nSPS) is 16.5. The summed E-state index contributed by atoms with van der Waals surface area (Å²) in [5.74, 6) is 2.00. The smallest absolute Gasteiger partial charge is 0.151 e. The van der Waals surface area contributed by atoms with Crippen LogP contribution in [0.25, 0.3) is 0 Å². The first-order valence-electron chi connectivity index (χ1n) is 6.95. The Balaban J connectivity index is 1.93. The Hall–Kier alpha value is -2.48. The lowest BCUT2D eigenvalue weighted by Crippen LogP contribution is -2.24. The van der Waals surface area contributed by atoms with Gasteiger partial charge in [0.25, 0.3) is 0 Å². The quantitative estimate of drug-likeness (QED) is 0.732. The molecule has 0 N–H and O–H groups in total. The van der Waals surface area contributed by atoms with Crippen LogP contribution in [0.3, 0.4) is 0 Å². The molecule has 98 valence electrons. The zero-order chi connectivity index (χ0) is 13.4. The van der Waals surface area contributed by atoms with Crippen LogP contribution in [0.5, 0.6) is 5.75 Å². The SMILES string of the molecule is C1=CC2=C(CC1)Oc1ccccc1N2c1ccccc1. The van der Waals surface area contributed by atoms with Crippen molar-refractivity contribution in [3.63, 3.8) is 0 Å². The number of benzene rings is 2. The standard InChI is InChI=1S/C18H15NO/c1-2-8-14(9-3-1)19-15-10-4-6-12-17(15)20-18-13-7-5-11-16(18)19/h1-6,8-12H,7,13H2. The van der Waals surface area contributed by atoms with Gasteiger partial charge in [-0.25, -0.2) is 0 Å². The molecule has 1 aliphatic heterocycles. The van der Waals surface area contributed by atoms with Crippen LogP contribution in [0.2, 0.25) is 0 Å². The maximum absolute atomic E-state index is 6.07. The van der Waals surface area contributed by atoms with Crippen molar-refractivity contribution in [2.75, 3.05) is 4.90 Å². The van der Waals surface area contributed by atoms with Gasteiger partial charge in [-0.3, -0.25) is 0 Å². The van der Waals surface area contributed by atoms with Crippen LogP contribution in [0.4, 0.5) is 11.4 Å². The third-order valence-corrected chi connectivity index (χ3v) is 3.69. The first kappa shape index (κ1) is 11.4. The summed E-state index contributed by atoms with van der Waals surface area (Å²) < 4.78 is 6.07. The summed E-state index contributed by atoms with van der Waals surface area (Å²) in [6.07, 6.45) is 6.39. The molecule has 0 bridgehead atoms. The van der Waals surface area contributed by atoms with Crippen molar-refractivity contribution in [1.82, 2.24) is 0 Å². The van der Waals surface area contributed by atoms with E-state index in [4.69, 9.17) is 4.74 Å². The van der Waals surface area contributed by atoms with Crippen LogP contribution in [0, 0.1) is 0 Å². The van der Waals surface area contributed by atoms with Gasteiger partial charge in [0.1, 0.15) is 5.76 Å². The lowest BCUT2D eigenvalue weighted by molar-refractivity contribution is 0.388. The number of hydrogen-bond donors (Lipinski definition) is 0. The van der Waals surface area contributed by atoms with Gasteiger partial charge in [-0.15, -0.1) is 0 Å². The molecule has 2 aromatic rings. The highest BCUT2D eigenvalue weighted by Gasteiger charge is 2.27. The molecule has 0 radical (unpaired) electrons. The van der Waals surface area contributed by atoms with E-state index >= 15 is 0 Å². The van der Waals surface area contributed by atoms with E-state index in [9.17, 15) is 0 Å². The van der Waals surface area contributed by atoms with Crippen molar-refractivity contribution in [2.24, 2.45) is 0 Å². The van der Waals surface area contributed by atoms with Gasteiger partial charge >= 0.3 is 0 Å². The second-order valence-electron chi connectivity index (χ2n) is 4.99. The highest BCUT2D eigenvalue weighted by Crippen LogP contribution is 2.44. The average Bonchev–Trinajstić information content (AvgIpc) is 2.53. The van der Waals surface area contributed by atoms with Crippen LogP contribution in [-0.2, 0) is 0 Å². The third kappa shape index (κ3) is 1.73. The molecule has 1 aliphatic carbocycles. The van der Waals surface area contributed by atoms with E-state index in [-0.39, 0.29) is 0 Å². The van der Waals surface area contributed by atoms with E-state index in [1.54, 1.807) is 0 Å². The summed E-state index contributed by atoms with van der Waals surface area (Å²) in [5, 5.41) is 0. The van der Waals surface area contributed by atoms with Gasteiger partial charge in [0.05, 0.1) is 11.4 Å². The molecule has 0 atom stereocenters. The molecule has 2 aliphatic rings. The number of anilines is 2. The third-order valence-electron chi connectivity index (χ3n) is 3.69. The largest absolute Gasteiger partial charge is 0.457 e. The number of para-hydroxylation sites is 3. The zero-order valence-electron chi connectivity index (χ0n) is 11.1. The summed E-state index contributed by atoms with van der Waals surface area (Å²) in [6.45, 7) is 0. The lowest BCUT2D eigenvalue weighted by atomic mass is 10.0. The number of hydrogen-bond acceptors (Lipinski definition) is 2. The van der Waals surface area contributed by atoms with Gasteiger partial charge in [-0.05, 0) is 36.8 Å². The molecule has 0 saturated heterocycles. The molecular weight excluding hydrogens is 246 g/mol. The topological polar surface area (TPSA) is 12.5 Å². The number of ether oxygens (including phenoxy) is 1. The molecule has 2 aromatic carbocycles. The predicted octanol–water partition coefficient (Wildman–Crippen LogP) is 4.78. The van der Waals surface area contributed by atoms with Crippen molar-refractivity contribution < 1.29 is 4.74 Å². The highest BCUT2D eigenvalue weighted by atomic mass is 16.5. The van der Waals surface area contributed by atoms with Crippen LogP contribution in [-0.4, -0.2) is 0 Å². The van der Waals surface area contributed by atoms with Crippen LogP contribution in [0.15, 0.2) is 78.2 Å². The number of rotatable bonds is 1. The van der Waals surface area contributed by atoms with E-state index in [2.05, 4.69) is 53.5 Å². The van der Waals surface area contributed by atoms with Gasteiger partial charge in [0, 0.05) is 12.1 Å². The van der Waals surface area contributed by atoms with Gasteiger partial charge in [0.2, 0.25) is 0 Å². The fourth-order valence-corrected chi connectivity index (χ4v) is 2.78. The molecule has 20 heavy (non-hydrogen) atoms. The molecule has 0 amide bonds. The van der Waals surface area contributed by atoms with E-state index in [1.807, 2.05) is 18.2 Å². The number of nitrogens with zero attached hydrogens (tertiary/aromatic N) is 1. The van der Waals surface area contributed by atoms with Gasteiger partial charge < -0.3 is 9.64 Å². The molecule has 0 saturated carbocycles. The summed E-state index contributed by atoms with van der Waals surface area (Å²) in [4.78, 5) is 2.28. The molecule has 0 aromatic heterocycles. The molecule has 2 heteroatoms. The second-order valence-corrected chi connectivity index (χ2v) is 4.99. The first-order chi connectivity index (χ1) is 9.93. The minimum atomic E-state index is 0.936. The summed E-state index contributed by atoms with van der Waals surface area (Å²) in [6, 6.07) is 18.7. The molecular formula is C18H15NO. The van der Waals surface area contributed by atoms with Gasteiger partial charge in [-0.1, -0.05) is 36.4 Å². The minimum Gasteiger partial charge on any atom is -0.457 e. The maximum Gasteiger partial charge on any atom is 0.151 e. The Morgan fingerprint density at radius 2 is 1.70 bits per heavy atom. The number of fused-ring (bicyclic) bond motifs is 1. The van der Waals surface area contributed by atoms with Gasteiger partial charge in [0.15, 0.2) is 5.75 Å². The Bertz CT molecular complexity index is 700. The fourth-order valence-electron chi connectivity index (χ4n) is 2.78. The van der Waals surface area contributed by atoms with Crippen molar-refractivity contribution >= 4 is 11.4 Å². The van der Waals surface area contributed by atoms with Crippen molar-refractivity contribution in [3.8, 4) is 5.75 Å². The monoisotopic (exact) mass is 261 g/mol. The van der Waals surface area contributed by atoms with Crippen LogP contribution < -0.4 is 9.64 Å². The molecule has 0 spiro atoms. The first-order valence-corrected chi connectivity index (χ1v) is 6.95. The van der Waals surface area contributed by atoms with Gasteiger partial charge in [-0.2, -0.15) is 0 Å². The summed E-state index contributed by atoms with van der Waals surface area (Å²) >= 11 is 0. The van der Waals surface area contributed by atoms with E-state index in [0.717, 1.165) is 35.7 Å². The summed E-state index contributed by atoms with van der Waals surface area (Å²) in [7, 11) is 0. The lowest BCUT2D eigenvalue weighted by Gasteiger charge is -2.35. The Kier molecular flexibility index (Phi) is 2.59. The maximum atomic E-state index is 6.07. The van der Waals surface area contributed by atoms with E-state index in [1.165, 1.54) is 5.69 Å². The van der Waals surface area contributed by atoms with Crippen molar-refractivity contribution in [3.05, 3.63) is 78.2 Å². The average molecular weight is 261 g/mol. The van der Waals surface area contributed by atoms with E-state index in [0.29, 0.717) is 0 Å². The fraction of sp³-hybridized carbons (Fsp3) is 0.111. The van der Waals surface area contributed by atoms with Crippen molar-refractivity contribution in [2.45, 2.75) is 12.8 Å². The molecule has 1 heterocycles. The number of allylic oxidation sites excluding steroid dienone is 3.